The van der Waals surface area contributed by atoms with E-state index in [1.54, 1.807) is 18.2 Å². The second-order valence-electron chi connectivity index (χ2n) is 4.48. The third-order valence-corrected chi connectivity index (χ3v) is 3.17. The quantitative estimate of drug-likeness (QED) is 0.790. The number of pyridine rings is 1. The number of aryl methyl sites for hydroxylation is 2. The summed E-state index contributed by atoms with van der Waals surface area (Å²) in [6.45, 7) is 3.74. The van der Waals surface area contributed by atoms with Gasteiger partial charge in [-0.3, -0.25) is 9.59 Å². The van der Waals surface area contributed by atoms with E-state index in [1.807, 2.05) is 24.5 Å². The minimum atomic E-state index is -0.792. The molecule has 1 aliphatic rings. The number of aromatic nitrogens is 1. The fraction of sp³-hybridized carbons (Fsp3) is 0.385. The number of rotatable bonds is 2. The molecule has 4 heteroatoms. The Morgan fingerprint density at radius 3 is 2.35 bits per heavy atom. The summed E-state index contributed by atoms with van der Waals surface area (Å²) >= 11 is 0. The van der Waals surface area contributed by atoms with Crippen LogP contribution in [0.25, 0.3) is 0 Å². The van der Waals surface area contributed by atoms with Gasteiger partial charge in [-0.15, -0.1) is 0 Å². The molecule has 2 rings (SSSR count). The summed E-state index contributed by atoms with van der Waals surface area (Å²) in [5.41, 5.74) is 1.74. The van der Waals surface area contributed by atoms with E-state index in [4.69, 9.17) is 5.11 Å². The highest BCUT2D eigenvalue weighted by molar-refractivity contribution is 5.72. The normalized spacial score (nSPS) is 22.9. The fourth-order valence-electron chi connectivity index (χ4n) is 2.45. The van der Waals surface area contributed by atoms with Gasteiger partial charge in [0.15, 0.2) is 5.43 Å². The number of hydrogen-bond acceptors (Lipinski definition) is 2. The van der Waals surface area contributed by atoms with Crippen LogP contribution in [0.4, 0.5) is 0 Å². The van der Waals surface area contributed by atoms with Gasteiger partial charge in [0, 0.05) is 23.5 Å². The lowest BCUT2D eigenvalue weighted by molar-refractivity contribution is -0.140. The van der Waals surface area contributed by atoms with Crippen molar-refractivity contribution < 1.29 is 9.90 Å². The molecule has 0 radical (unpaired) electrons. The Bertz CT molecular complexity index is 516. The van der Waals surface area contributed by atoms with E-state index in [9.17, 15) is 9.59 Å². The summed E-state index contributed by atoms with van der Waals surface area (Å²) in [6, 6.07) is 3.20. The van der Waals surface area contributed by atoms with Crippen LogP contribution in [0, 0.1) is 19.8 Å². The van der Waals surface area contributed by atoms with Gasteiger partial charge in [-0.25, -0.2) is 0 Å². The average Bonchev–Trinajstić information content (AvgIpc) is 2.65. The van der Waals surface area contributed by atoms with Crippen LogP contribution in [0.15, 0.2) is 29.1 Å². The van der Waals surface area contributed by atoms with E-state index in [0.29, 0.717) is 6.42 Å². The molecular weight excluding hydrogens is 218 g/mol. The Labute approximate surface area is 99.2 Å². The van der Waals surface area contributed by atoms with E-state index in [0.717, 1.165) is 11.4 Å². The number of aliphatic carboxylic acids is 1. The lowest BCUT2D eigenvalue weighted by Crippen LogP contribution is -2.18. The smallest absolute Gasteiger partial charge is 0.310 e. The van der Waals surface area contributed by atoms with Gasteiger partial charge in [-0.05, 0) is 20.3 Å². The first-order valence-electron chi connectivity index (χ1n) is 5.60. The predicted molar refractivity (Wildman–Crippen MR) is 64.1 cm³/mol. The summed E-state index contributed by atoms with van der Waals surface area (Å²) in [6.07, 6.45) is 4.19. The largest absolute Gasteiger partial charge is 0.481 e. The third kappa shape index (κ3) is 2.16. The standard InChI is InChI=1S/C13H15NO3/c1-8-5-12(15)6-9(2)14(8)11-4-3-10(7-11)13(16)17/h3-6,10-11H,7H2,1-2H3,(H,16,17). The Kier molecular flexibility index (Phi) is 2.88. The Morgan fingerprint density at radius 1 is 1.29 bits per heavy atom. The Hall–Kier alpha value is -1.84. The van der Waals surface area contributed by atoms with Gasteiger partial charge in [-0.2, -0.15) is 0 Å². The molecule has 1 heterocycles. The van der Waals surface area contributed by atoms with E-state index in [1.165, 1.54) is 0 Å². The van der Waals surface area contributed by atoms with Crippen molar-refractivity contribution in [3.05, 3.63) is 45.9 Å². The topological polar surface area (TPSA) is 59.3 Å². The molecule has 0 fully saturated rings. The van der Waals surface area contributed by atoms with Gasteiger partial charge in [0.05, 0.1) is 12.0 Å². The van der Waals surface area contributed by atoms with Gasteiger partial charge in [0.1, 0.15) is 0 Å². The van der Waals surface area contributed by atoms with Crippen molar-refractivity contribution in [2.75, 3.05) is 0 Å². The molecule has 1 N–H and O–H groups in total. The van der Waals surface area contributed by atoms with Crippen LogP contribution in [0.5, 0.6) is 0 Å². The van der Waals surface area contributed by atoms with Crippen molar-refractivity contribution in [3.8, 4) is 0 Å². The van der Waals surface area contributed by atoms with Crippen LogP contribution < -0.4 is 5.43 Å². The number of carbonyl (C=O) groups is 1. The summed E-state index contributed by atoms with van der Waals surface area (Å²) in [5.74, 6) is -1.21. The van der Waals surface area contributed by atoms with E-state index >= 15 is 0 Å². The molecule has 0 amide bonds. The minimum Gasteiger partial charge on any atom is -0.481 e. The summed E-state index contributed by atoms with van der Waals surface area (Å²) in [7, 11) is 0. The van der Waals surface area contributed by atoms with Crippen molar-refractivity contribution in [2.45, 2.75) is 26.3 Å². The van der Waals surface area contributed by atoms with E-state index in [2.05, 4.69) is 0 Å². The van der Waals surface area contributed by atoms with Gasteiger partial charge in [0.2, 0.25) is 0 Å². The van der Waals surface area contributed by atoms with Gasteiger partial charge in [0.25, 0.3) is 0 Å². The highest BCUT2D eigenvalue weighted by Crippen LogP contribution is 2.29. The summed E-state index contributed by atoms with van der Waals surface area (Å²) in [5, 5.41) is 8.95. The molecule has 17 heavy (non-hydrogen) atoms. The zero-order valence-corrected chi connectivity index (χ0v) is 9.88. The van der Waals surface area contributed by atoms with Gasteiger partial charge in [-0.1, -0.05) is 12.2 Å². The number of carboxylic acid groups (broad SMARTS) is 1. The molecule has 90 valence electrons. The van der Waals surface area contributed by atoms with Gasteiger partial charge < -0.3 is 9.67 Å². The lowest BCUT2D eigenvalue weighted by atomic mass is 10.1. The first-order valence-corrected chi connectivity index (χ1v) is 5.60. The number of allylic oxidation sites excluding steroid dienone is 1. The highest BCUT2D eigenvalue weighted by atomic mass is 16.4. The van der Waals surface area contributed by atoms with Gasteiger partial charge >= 0.3 is 5.97 Å². The predicted octanol–water partition coefficient (Wildman–Crippen LogP) is 1.67. The minimum absolute atomic E-state index is 0.00647. The molecule has 2 unspecified atom stereocenters. The molecule has 0 aromatic carbocycles. The molecule has 1 aliphatic carbocycles. The Balaban J connectivity index is 2.35. The molecule has 0 saturated carbocycles. The zero-order valence-electron chi connectivity index (χ0n) is 9.88. The highest BCUT2D eigenvalue weighted by Gasteiger charge is 2.26. The van der Waals surface area contributed by atoms with Crippen molar-refractivity contribution in [1.29, 1.82) is 0 Å². The average molecular weight is 233 g/mol. The molecule has 0 bridgehead atoms. The van der Waals surface area contributed by atoms with Crippen molar-refractivity contribution in [2.24, 2.45) is 5.92 Å². The SMILES string of the molecule is Cc1cc(=O)cc(C)n1C1C=CC(C(=O)O)C1. The monoisotopic (exact) mass is 233 g/mol. The first-order chi connectivity index (χ1) is 7.99. The molecule has 0 saturated heterocycles. The molecule has 2 atom stereocenters. The first kappa shape index (κ1) is 11.6. The maximum atomic E-state index is 11.3. The Morgan fingerprint density at radius 2 is 1.88 bits per heavy atom. The maximum absolute atomic E-state index is 11.3. The second-order valence-corrected chi connectivity index (χ2v) is 4.48. The number of nitrogens with zero attached hydrogens (tertiary/aromatic N) is 1. The number of hydrogen-bond donors (Lipinski definition) is 1. The number of carboxylic acids is 1. The van der Waals surface area contributed by atoms with Crippen molar-refractivity contribution in [3.63, 3.8) is 0 Å². The summed E-state index contributed by atoms with van der Waals surface area (Å²) in [4.78, 5) is 22.2. The summed E-state index contributed by atoms with van der Waals surface area (Å²) < 4.78 is 2.01. The van der Waals surface area contributed by atoms with Crippen LogP contribution in [0.2, 0.25) is 0 Å². The van der Waals surface area contributed by atoms with E-state index < -0.39 is 11.9 Å². The van der Waals surface area contributed by atoms with Crippen LogP contribution in [0.1, 0.15) is 23.9 Å². The molecule has 1 aromatic rings. The third-order valence-electron chi connectivity index (χ3n) is 3.17. The lowest BCUT2D eigenvalue weighted by Gasteiger charge is -2.20. The second kappa shape index (κ2) is 4.20. The van der Waals surface area contributed by atoms with E-state index in [-0.39, 0.29) is 11.5 Å². The molecular formula is C13H15NO3. The molecule has 0 aliphatic heterocycles. The molecule has 0 spiro atoms. The maximum Gasteiger partial charge on any atom is 0.310 e. The molecule has 1 aromatic heterocycles. The van der Waals surface area contributed by atoms with Crippen molar-refractivity contribution in [1.82, 2.24) is 4.57 Å². The van der Waals surface area contributed by atoms with Crippen LogP contribution in [0.3, 0.4) is 0 Å². The van der Waals surface area contributed by atoms with Crippen LogP contribution in [-0.2, 0) is 4.79 Å². The van der Waals surface area contributed by atoms with Crippen molar-refractivity contribution >= 4 is 5.97 Å². The van der Waals surface area contributed by atoms with Crippen LogP contribution >= 0.6 is 0 Å². The molecule has 4 nitrogen and oxygen atoms in total. The van der Waals surface area contributed by atoms with Crippen LogP contribution in [-0.4, -0.2) is 15.6 Å². The fourth-order valence-corrected chi connectivity index (χ4v) is 2.45. The zero-order chi connectivity index (χ0) is 12.6.